The lowest BCUT2D eigenvalue weighted by Crippen LogP contribution is -2.47. The summed E-state index contributed by atoms with van der Waals surface area (Å²) in [6.07, 6.45) is 5.77. The molecule has 0 saturated carbocycles. The number of carbonyl (C=O) groups excluding carboxylic acids is 1. The smallest absolute Gasteiger partial charge is 0.226 e. The monoisotopic (exact) mass is 259 g/mol. The maximum Gasteiger partial charge on any atom is 0.226 e. The molecule has 0 spiro atoms. The van der Waals surface area contributed by atoms with E-state index in [0.717, 1.165) is 31.6 Å². The van der Waals surface area contributed by atoms with Crippen molar-refractivity contribution >= 4 is 17.7 Å². The highest BCUT2D eigenvalue weighted by Crippen LogP contribution is 2.23. The van der Waals surface area contributed by atoms with E-state index < -0.39 is 0 Å². The lowest BCUT2D eigenvalue weighted by molar-refractivity contribution is -0.138. The predicted octanol–water partition coefficient (Wildman–Crippen LogP) is 2.14. The average molecular weight is 259 g/mol. The molecule has 3 atom stereocenters. The van der Waals surface area contributed by atoms with E-state index in [1.165, 1.54) is 6.42 Å². The third-order valence-corrected chi connectivity index (χ3v) is 4.19. The zero-order valence-corrected chi connectivity index (χ0v) is 12.0. The van der Waals surface area contributed by atoms with Gasteiger partial charge in [0.1, 0.15) is 0 Å². The summed E-state index contributed by atoms with van der Waals surface area (Å²) in [6.45, 7) is 4.68. The number of hydrogen-bond donors (Lipinski definition) is 1. The SMILES string of the molecule is CSCC(C)C(=O)N1CCCCC1CC(C)O. The summed E-state index contributed by atoms with van der Waals surface area (Å²) in [5.41, 5.74) is 0. The van der Waals surface area contributed by atoms with Gasteiger partial charge in [-0.1, -0.05) is 6.92 Å². The van der Waals surface area contributed by atoms with Gasteiger partial charge in [-0.2, -0.15) is 11.8 Å². The first-order chi connectivity index (χ1) is 8.06. The van der Waals surface area contributed by atoms with Gasteiger partial charge in [0.15, 0.2) is 0 Å². The van der Waals surface area contributed by atoms with Crippen LogP contribution < -0.4 is 0 Å². The summed E-state index contributed by atoms with van der Waals surface area (Å²) >= 11 is 1.72. The number of hydrogen-bond acceptors (Lipinski definition) is 3. The van der Waals surface area contributed by atoms with Gasteiger partial charge < -0.3 is 10.0 Å². The average Bonchev–Trinajstić information content (AvgIpc) is 2.28. The van der Waals surface area contributed by atoms with Crippen LogP contribution in [0, 0.1) is 5.92 Å². The highest BCUT2D eigenvalue weighted by atomic mass is 32.2. The third kappa shape index (κ3) is 4.51. The number of thioether (sulfide) groups is 1. The van der Waals surface area contributed by atoms with Gasteiger partial charge in [0.2, 0.25) is 5.91 Å². The molecule has 100 valence electrons. The molecule has 1 aliphatic rings. The normalized spacial score (nSPS) is 24.5. The molecule has 1 heterocycles. The molecule has 1 saturated heterocycles. The van der Waals surface area contributed by atoms with Gasteiger partial charge in [-0.05, 0) is 38.9 Å². The lowest BCUT2D eigenvalue weighted by atomic mass is 9.96. The maximum absolute atomic E-state index is 12.3. The molecule has 0 aromatic carbocycles. The number of nitrogens with zero attached hydrogens (tertiary/aromatic N) is 1. The van der Waals surface area contributed by atoms with Crippen LogP contribution in [0.2, 0.25) is 0 Å². The van der Waals surface area contributed by atoms with E-state index >= 15 is 0 Å². The highest BCUT2D eigenvalue weighted by molar-refractivity contribution is 7.98. The van der Waals surface area contributed by atoms with E-state index in [1.54, 1.807) is 11.8 Å². The molecule has 4 heteroatoms. The molecule has 1 N–H and O–H groups in total. The molecule has 1 fully saturated rings. The summed E-state index contributed by atoms with van der Waals surface area (Å²) in [4.78, 5) is 14.3. The summed E-state index contributed by atoms with van der Waals surface area (Å²) in [6, 6.07) is 0.251. The van der Waals surface area contributed by atoms with E-state index in [2.05, 4.69) is 0 Å². The molecular weight excluding hydrogens is 234 g/mol. The number of aliphatic hydroxyl groups is 1. The molecule has 0 bridgehead atoms. The first-order valence-corrected chi connectivity index (χ1v) is 7.93. The van der Waals surface area contributed by atoms with Crippen LogP contribution in [0.5, 0.6) is 0 Å². The Kier molecular flexibility index (Phi) is 6.34. The van der Waals surface area contributed by atoms with Gasteiger partial charge in [-0.3, -0.25) is 4.79 Å². The van der Waals surface area contributed by atoms with Crippen LogP contribution in [0.3, 0.4) is 0 Å². The Hall–Kier alpha value is -0.220. The van der Waals surface area contributed by atoms with E-state index in [-0.39, 0.29) is 24.0 Å². The fourth-order valence-corrected chi connectivity index (χ4v) is 3.18. The Balaban J connectivity index is 2.60. The van der Waals surface area contributed by atoms with Crippen molar-refractivity contribution in [1.82, 2.24) is 4.90 Å². The Labute approximate surface area is 109 Å². The van der Waals surface area contributed by atoms with Crippen LogP contribution in [0.15, 0.2) is 0 Å². The van der Waals surface area contributed by atoms with Gasteiger partial charge in [0.05, 0.1) is 6.10 Å². The summed E-state index contributed by atoms with van der Waals surface area (Å²) in [5, 5.41) is 9.50. The van der Waals surface area contributed by atoms with Crippen molar-refractivity contribution in [3.05, 3.63) is 0 Å². The van der Waals surface area contributed by atoms with E-state index in [9.17, 15) is 9.90 Å². The van der Waals surface area contributed by atoms with E-state index in [0.29, 0.717) is 0 Å². The van der Waals surface area contributed by atoms with Crippen molar-refractivity contribution in [2.45, 2.75) is 51.7 Å². The molecule has 3 nitrogen and oxygen atoms in total. The molecule has 1 aliphatic heterocycles. The number of piperidine rings is 1. The molecule has 1 rings (SSSR count). The van der Waals surface area contributed by atoms with Crippen molar-refractivity contribution in [3.63, 3.8) is 0 Å². The predicted molar refractivity (Wildman–Crippen MR) is 73.2 cm³/mol. The minimum absolute atomic E-state index is 0.0969. The van der Waals surface area contributed by atoms with Crippen molar-refractivity contribution < 1.29 is 9.90 Å². The van der Waals surface area contributed by atoms with Gasteiger partial charge in [-0.15, -0.1) is 0 Å². The standard InChI is InChI=1S/C13H25NO2S/c1-10(9-17-3)13(16)14-7-5-4-6-12(14)8-11(2)15/h10-12,15H,4-9H2,1-3H3. The first kappa shape index (κ1) is 14.8. The molecule has 0 aromatic rings. The number of rotatable bonds is 5. The van der Waals surface area contributed by atoms with Crippen LogP contribution in [0.4, 0.5) is 0 Å². The van der Waals surface area contributed by atoms with Gasteiger partial charge in [0, 0.05) is 24.3 Å². The number of aliphatic hydroxyl groups excluding tert-OH is 1. The quantitative estimate of drug-likeness (QED) is 0.822. The molecule has 1 amide bonds. The van der Waals surface area contributed by atoms with Crippen molar-refractivity contribution in [1.29, 1.82) is 0 Å². The minimum Gasteiger partial charge on any atom is -0.393 e. The van der Waals surface area contributed by atoms with Crippen LogP contribution >= 0.6 is 11.8 Å². The number of likely N-dealkylation sites (tertiary alicyclic amines) is 1. The van der Waals surface area contributed by atoms with Gasteiger partial charge >= 0.3 is 0 Å². The Morgan fingerprint density at radius 2 is 2.18 bits per heavy atom. The summed E-state index contributed by atoms with van der Waals surface area (Å²) < 4.78 is 0. The summed E-state index contributed by atoms with van der Waals surface area (Å²) in [5.74, 6) is 1.25. The lowest BCUT2D eigenvalue weighted by Gasteiger charge is -2.38. The van der Waals surface area contributed by atoms with E-state index in [1.807, 2.05) is 25.0 Å². The fourth-order valence-electron chi connectivity index (χ4n) is 2.53. The van der Waals surface area contributed by atoms with Crippen LogP contribution in [0.1, 0.15) is 39.5 Å². The second-order valence-corrected chi connectivity index (χ2v) is 6.03. The molecular formula is C13H25NO2S. The van der Waals surface area contributed by atoms with Crippen LogP contribution in [0.25, 0.3) is 0 Å². The second kappa shape index (κ2) is 7.27. The van der Waals surface area contributed by atoms with Gasteiger partial charge in [-0.25, -0.2) is 0 Å². The second-order valence-electron chi connectivity index (χ2n) is 5.12. The molecule has 0 radical (unpaired) electrons. The largest absolute Gasteiger partial charge is 0.393 e. The Bertz CT molecular complexity index is 246. The van der Waals surface area contributed by atoms with E-state index in [4.69, 9.17) is 0 Å². The Morgan fingerprint density at radius 1 is 1.47 bits per heavy atom. The minimum atomic E-state index is -0.316. The number of amides is 1. The van der Waals surface area contributed by atoms with Crippen molar-refractivity contribution in [3.8, 4) is 0 Å². The summed E-state index contributed by atoms with van der Waals surface area (Å²) in [7, 11) is 0. The molecule has 0 aliphatic carbocycles. The molecule has 3 unspecified atom stereocenters. The molecule has 0 aromatic heterocycles. The van der Waals surface area contributed by atoms with Crippen molar-refractivity contribution in [2.75, 3.05) is 18.6 Å². The highest BCUT2D eigenvalue weighted by Gasteiger charge is 2.29. The first-order valence-electron chi connectivity index (χ1n) is 6.53. The topological polar surface area (TPSA) is 40.5 Å². The number of carbonyl (C=O) groups is 1. The van der Waals surface area contributed by atoms with Gasteiger partial charge in [0.25, 0.3) is 0 Å². The fraction of sp³-hybridized carbons (Fsp3) is 0.923. The zero-order chi connectivity index (χ0) is 12.8. The maximum atomic E-state index is 12.3. The van der Waals surface area contributed by atoms with Crippen LogP contribution in [-0.4, -0.2) is 46.6 Å². The Morgan fingerprint density at radius 3 is 2.76 bits per heavy atom. The van der Waals surface area contributed by atoms with Crippen molar-refractivity contribution in [2.24, 2.45) is 5.92 Å². The molecule has 17 heavy (non-hydrogen) atoms. The zero-order valence-electron chi connectivity index (χ0n) is 11.2. The third-order valence-electron chi connectivity index (χ3n) is 3.36. The van der Waals surface area contributed by atoms with Crippen LogP contribution in [-0.2, 0) is 4.79 Å².